The first kappa shape index (κ1) is 7.12. The molecule has 1 rings (SSSR count). The lowest BCUT2D eigenvalue weighted by Crippen LogP contribution is -2.29. The van der Waals surface area contributed by atoms with Crippen molar-refractivity contribution in [1.82, 2.24) is 10.6 Å². The summed E-state index contributed by atoms with van der Waals surface area (Å²) >= 11 is 0. The van der Waals surface area contributed by atoms with Crippen molar-refractivity contribution in [1.29, 1.82) is 0 Å². The van der Waals surface area contributed by atoms with Crippen molar-refractivity contribution < 1.29 is 4.79 Å². The summed E-state index contributed by atoms with van der Waals surface area (Å²) in [6.07, 6.45) is 2.58. The van der Waals surface area contributed by atoms with Crippen LogP contribution in [0, 0.1) is 0 Å². The smallest absolute Gasteiger partial charge is 0.245 e. The minimum atomic E-state index is 0.00435. The Kier molecular flexibility index (Phi) is 2.31. The molecule has 0 aromatic carbocycles. The van der Waals surface area contributed by atoms with Gasteiger partial charge in [0, 0.05) is 24.9 Å². The highest BCUT2D eigenvalue weighted by molar-refractivity contribution is 5.88. The van der Waals surface area contributed by atoms with E-state index in [9.17, 15) is 4.79 Å². The third-order valence-electron chi connectivity index (χ3n) is 1.40. The van der Waals surface area contributed by atoms with Gasteiger partial charge in [-0.05, 0) is 13.3 Å². The molecule has 0 radical (unpaired) electrons. The molecule has 0 bridgehead atoms. The van der Waals surface area contributed by atoms with E-state index in [4.69, 9.17) is 0 Å². The van der Waals surface area contributed by atoms with Gasteiger partial charge >= 0.3 is 0 Å². The molecule has 0 aromatic heterocycles. The molecule has 0 fully saturated rings. The second kappa shape index (κ2) is 3.25. The van der Waals surface area contributed by atoms with Crippen molar-refractivity contribution in [2.75, 3.05) is 13.1 Å². The molecule has 1 heterocycles. The quantitative estimate of drug-likeness (QED) is 0.497. The van der Waals surface area contributed by atoms with Crippen LogP contribution in [0.1, 0.15) is 13.3 Å². The van der Waals surface area contributed by atoms with Gasteiger partial charge < -0.3 is 10.6 Å². The first-order chi connectivity index (χ1) is 4.79. The van der Waals surface area contributed by atoms with Gasteiger partial charge in [0.15, 0.2) is 0 Å². The molecule has 56 valence electrons. The number of allylic oxidation sites excluding steroid dienone is 1. The molecule has 0 saturated heterocycles. The molecule has 0 aliphatic carbocycles. The summed E-state index contributed by atoms with van der Waals surface area (Å²) in [4.78, 5) is 10.8. The molecule has 3 nitrogen and oxygen atoms in total. The summed E-state index contributed by atoms with van der Waals surface area (Å²) in [6.45, 7) is 3.61. The molecule has 0 aromatic rings. The Morgan fingerprint density at radius 2 is 2.10 bits per heavy atom. The van der Waals surface area contributed by atoms with E-state index in [1.165, 1.54) is 0 Å². The van der Waals surface area contributed by atoms with E-state index in [1.54, 1.807) is 6.08 Å². The lowest BCUT2D eigenvalue weighted by molar-refractivity contribution is -0.116. The van der Waals surface area contributed by atoms with E-state index in [0.717, 1.165) is 25.2 Å². The van der Waals surface area contributed by atoms with E-state index in [1.807, 2.05) is 6.92 Å². The van der Waals surface area contributed by atoms with Crippen LogP contribution in [0.15, 0.2) is 11.8 Å². The predicted molar refractivity (Wildman–Crippen MR) is 39.4 cm³/mol. The number of hydrogen-bond donors (Lipinski definition) is 2. The maximum atomic E-state index is 10.8. The van der Waals surface area contributed by atoms with Crippen molar-refractivity contribution in [3.05, 3.63) is 11.8 Å². The Labute approximate surface area is 60.5 Å². The third-order valence-corrected chi connectivity index (χ3v) is 1.40. The zero-order valence-corrected chi connectivity index (χ0v) is 6.11. The van der Waals surface area contributed by atoms with Gasteiger partial charge in [0.1, 0.15) is 0 Å². The predicted octanol–water partition coefficient (Wildman–Crippen LogP) is -0.000300. The van der Waals surface area contributed by atoms with Gasteiger partial charge in [-0.15, -0.1) is 0 Å². The molecule has 3 heteroatoms. The Balaban J connectivity index is 2.55. The van der Waals surface area contributed by atoms with Gasteiger partial charge in [-0.1, -0.05) is 0 Å². The molecule has 10 heavy (non-hydrogen) atoms. The number of hydrogen-bond acceptors (Lipinski definition) is 2. The highest BCUT2D eigenvalue weighted by atomic mass is 16.1. The zero-order valence-electron chi connectivity index (χ0n) is 6.11. The molecular formula is C7H12N2O. The van der Waals surface area contributed by atoms with Crippen molar-refractivity contribution in [3.8, 4) is 0 Å². The number of amides is 1. The van der Waals surface area contributed by atoms with E-state index >= 15 is 0 Å². The molecule has 0 spiro atoms. The molecule has 0 unspecified atom stereocenters. The molecule has 2 N–H and O–H groups in total. The minimum Gasteiger partial charge on any atom is -0.388 e. The Morgan fingerprint density at radius 3 is 2.90 bits per heavy atom. The highest BCUT2D eigenvalue weighted by Gasteiger charge is 2.00. The molecule has 1 aliphatic heterocycles. The standard InChI is InChI=1S/C7H12N2O/c1-6-5-7(10)9-4-2-3-8-6/h5,8H,2-4H2,1H3,(H,9,10)/b6-5-. The van der Waals surface area contributed by atoms with Crippen molar-refractivity contribution in [3.63, 3.8) is 0 Å². The highest BCUT2D eigenvalue weighted by Crippen LogP contribution is 1.90. The maximum absolute atomic E-state index is 10.8. The maximum Gasteiger partial charge on any atom is 0.245 e. The van der Waals surface area contributed by atoms with Crippen LogP contribution in [0.2, 0.25) is 0 Å². The fourth-order valence-corrected chi connectivity index (χ4v) is 0.884. The van der Waals surface area contributed by atoms with E-state index < -0.39 is 0 Å². The van der Waals surface area contributed by atoms with Crippen molar-refractivity contribution >= 4 is 5.91 Å². The van der Waals surface area contributed by atoms with Crippen LogP contribution < -0.4 is 10.6 Å². The fourth-order valence-electron chi connectivity index (χ4n) is 0.884. The number of carbonyl (C=O) groups is 1. The van der Waals surface area contributed by atoms with Crippen LogP contribution in [0.4, 0.5) is 0 Å². The van der Waals surface area contributed by atoms with E-state index in [2.05, 4.69) is 10.6 Å². The van der Waals surface area contributed by atoms with Crippen molar-refractivity contribution in [2.24, 2.45) is 0 Å². The van der Waals surface area contributed by atoms with Crippen LogP contribution >= 0.6 is 0 Å². The zero-order chi connectivity index (χ0) is 7.40. The van der Waals surface area contributed by atoms with Crippen LogP contribution in [0.3, 0.4) is 0 Å². The third kappa shape index (κ3) is 2.09. The van der Waals surface area contributed by atoms with Gasteiger partial charge in [-0.2, -0.15) is 0 Å². The minimum absolute atomic E-state index is 0.00435. The Hall–Kier alpha value is -0.990. The normalized spacial score (nSPS) is 24.9. The van der Waals surface area contributed by atoms with Crippen LogP contribution in [-0.2, 0) is 4.79 Å². The average Bonchev–Trinajstić information content (AvgIpc) is 1.83. The van der Waals surface area contributed by atoms with E-state index in [-0.39, 0.29) is 5.91 Å². The summed E-state index contributed by atoms with van der Waals surface area (Å²) in [5, 5.41) is 5.87. The average molecular weight is 140 g/mol. The second-order valence-corrected chi connectivity index (χ2v) is 2.40. The number of carbonyl (C=O) groups excluding carboxylic acids is 1. The van der Waals surface area contributed by atoms with Crippen LogP contribution in [0.5, 0.6) is 0 Å². The molecule has 1 aliphatic rings. The Bertz CT molecular complexity index is 163. The molecular weight excluding hydrogens is 128 g/mol. The van der Waals surface area contributed by atoms with Gasteiger partial charge in [0.25, 0.3) is 0 Å². The Morgan fingerprint density at radius 1 is 1.40 bits per heavy atom. The summed E-state index contributed by atoms with van der Waals surface area (Å²) in [5.41, 5.74) is 0.942. The monoisotopic (exact) mass is 140 g/mol. The largest absolute Gasteiger partial charge is 0.388 e. The van der Waals surface area contributed by atoms with Gasteiger partial charge in [-0.25, -0.2) is 0 Å². The summed E-state index contributed by atoms with van der Waals surface area (Å²) < 4.78 is 0. The lowest BCUT2D eigenvalue weighted by atomic mass is 10.3. The SMILES string of the molecule is C/C1=C/C(=O)NCCCN1. The first-order valence-electron chi connectivity index (χ1n) is 3.49. The molecule has 0 saturated carbocycles. The summed E-state index contributed by atoms with van der Waals surface area (Å²) in [6, 6.07) is 0. The molecule has 0 atom stereocenters. The second-order valence-electron chi connectivity index (χ2n) is 2.40. The first-order valence-corrected chi connectivity index (χ1v) is 3.49. The van der Waals surface area contributed by atoms with Crippen LogP contribution in [-0.4, -0.2) is 19.0 Å². The van der Waals surface area contributed by atoms with Crippen molar-refractivity contribution in [2.45, 2.75) is 13.3 Å². The van der Waals surface area contributed by atoms with E-state index in [0.29, 0.717) is 0 Å². The lowest BCUT2D eigenvalue weighted by Gasteiger charge is -2.10. The molecule has 1 amide bonds. The van der Waals surface area contributed by atoms with Gasteiger partial charge in [-0.3, -0.25) is 4.79 Å². The number of nitrogens with one attached hydrogen (secondary N) is 2. The number of rotatable bonds is 0. The van der Waals surface area contributed by atoms with Gasteiger partial charge in [0.05, 0.1) is 0 Å². The van der Waals surface area contributed by atoms with Crippen LogP contribution in [0.25, 0.3) is 0 Å². The topological polar surface area (TPSA) is 41.1 Å². The van der Waals surface area contributed by atoms with Gasteiger partial charge in [0.2, 0.25) is 5.91 Å². The fraction of sp³-hybridized carbons (Fsp3) is 0.571. The summed E-state index contributed by atoms with van der Waals surface area (Å²) in [7, 11) is 0. The summed E-state index contributed by atoms with van der Waals surface area (Å²) in [5.74, 6) is 0.00435.